The topological polar surface area (TPSA) is 98.5 Å². The number of non-ortho nitro benzene ring substituents is 1. The first-order valence-corrected chi connectivity index (χ1v) is 6.94. The molecule has 0 saturated carbocycles. The fourth-order valence-corrected chi connectivity index (χ4v) is 2.04. The molecule has 1 amide bonds. The smallest absolute Gasteiger partial charge is 0.328 e. The lowest BCUT2D eigenvalue weighted by Crippen LogP contribution is -2.43. The Hall–Kier alpha value is -2.44. The van der Waals surface area contributed by atoms with Crippen molar-refractivity contribution in [2.45, 2.75) is 32.7 Å². The van der Waals surface area contributed by atoms with Crippen LogP contribution in [0.1, 0.15) is 25.8 Å². The van der Waals surface area contributed by atoms with Crippen LogP contribution >= 0.6 is 0 Å². The van der Waals surface area contributed by atoms with Crippen LogP contribution in [0.4, 0.5) is 5.69 Å². The third kappa shape index (κ3) is 5.51. The summed E-state index contributed by atoms with van der Waals surface area (Å²) in [5.41, 5.74) is 0.442. The fourth-order valence-electron chi connectivity index (χ4n) is 2.04. The number of methoxy groups -OCH3 is 1. The molecule has 0 aliphatic rings. The number of ether oxygens (including phenoxy) is 1. The van der Waals surface area contributed by atoms with Crippen molar-refractivity contribution in [3.63, 3.8) is 0 Å². The van der Waals surface area contributed by atoms with E-state index in [1.54, 1.807) is 6.07 Å². The number of carbonyl (C=O) groups is 2. The lowest BCUT2D eigenvalue weighted by molar-refractivity contribution is -0.384. The summed E-state index contributed by atoms with van der Waals surface area (Å²) in [6.07, 6.45) is 0.431. The number of carbonyl (C=O) groups excluding carboxylic acids is 2. The van der Waals surface area contributed by atoms with E-state index >= 15 is 0 Å². The van der Waals surface area contributed by atoms with Crippen LogP contribution in [0, 0.1) is 16.0 Å². The molecule has 22 heavy (non-hydrogen) atoms. The Morgan fingerprint density at radius 2 is 2.05 bits per heavy atom. The Labute approximate surface area is 128 Å². The average Bonchev–Trinajstić information content (AvgIpc) is 2.45. The van der Waals surface area contributed by atoms with E-state index in [4.69, 9.17) is 0 Å². The number of benzene rings is 1. The second kappa shape index (κ2) is 8.11. The zero-order chi connectivity index (χ0) is 16.7. The van der Waals surface area contributed by atoms with Gasteiger partial charge in [0.05, 0.1) is 18.5 Å². The zero-order valence-corrected chi connectivity index (χ0v) is 12.9. The molecule has 0 radical (unpaired) electrons. The highest BCUT2D eigenvalue weighted by Crippen LogP contribution is 2.14. The second-order valence-electron chi connectivity index (χ2n) is 5.38. The van der Waals surface area contributed by atoms with Gasteiger partial charge in [-0.25, -0.2) is 4.79 Å². The van der Waals surface area contributed by atoms with E-state index in [1.165, 1.54) is 25.3 Å². The predicted octanol–water partition coefficient (Wildman–Crippen LogP) is 1.84. The van der Waals surface area contributed by atoms with Crippen LogP contribution in [0.2, 0.25) is 0 Å². The Morgan fingerprint density at radius 1 is 1.36 bits per heavy atom. The highest BCUT2D eigenvalue weighted by atomic mass is 16.6. The number of nitro groups is 1. The third-order valence-corrected chi connectivity index (χ3v) is 3.01. The molecular formula is C15H20N2O5. The van der Waals surface area contributed by atoms with E-state index < -0.39 is 16.9 Å². The second-order valence-corrected chi connectivity index (χ2v) is 5.38. The van der Waals surface area contributed by atoms with Gasteiger partial charge in [0.1, 0.15) is 6.04 Å². The summed E-state index contributed by atoms with van der Waals surface area (Å²) in [5, 5.41) is 13.3. The first kappa shape index (κ1) is 17.6. The molecule has 1 aromatic carbocycles. The SMILES string of the molecule is COC(=O)C(CC(C)C)NC(=O)Cc1cccc([N+](=O)[O-])c1. The van der Waals surface area contributed by atoms with E-state index in [2.05, 4.69) is 10.1 Å². The summed E-state index contributed by atoms with van der Waals surface area (Å²) in [7, 11) is 1.27. The molecule has 0 bridgehead atoms. The molecule has 1 aromatic rings. The van der Waals surface area contributed by atoms with Gasteiger partial charge in [0.2, 0.25) is 5.91 Å². The summed E-state index contributed by atoms with van der Waals surface area (Å²) < 4.78 is 4.67. The maximum absolute atomic E-state index is 12.0. The quantitative estimate of drug-likeness (QED) is 0.471. The van der Waals surface area contributed by atoms with Gasteiger partial charge in [-0.05, 0) is 17.9 Å². The van der Waals surface area contributed by atoms with Gasteiger partial charge in [-0.15, -0.1) is 0 Å². The first-order valence-electron chi connectivity index (χ1n) is 6.94. The van der Waals surface area contributed by atoms with Gasteiger partial charge >= 0.3 is 5.97 Å². The number of hydrogen-bond donors (Lipinski definition) is 1. The van der Waals surface area contributed by atoms with Gasteiger partial charge in [0.25, 0.3) is 5.69 Å². The van der Waals surface area contributed by atoms with Crippen LogP contribution in [-0.4, -0.2) is 30.0 Å². The Kier molecular flexibility index (Phi) is 6.49. The van der Waals surface area contributed by atoms with Crippen molar-refractivity contribution in [3.05, 3.63) is 39.9 Å². The summed E-state index contributed by atoms with van der Waals surface area (Å²) >= 11 is 0. The number of hydrogen-bond acceptors (Lipinski definition) is 5. The standard InChI is InChI=1S/C15H20N2O5/c1-10(2)7-13(15(19)22-3)16-14(18)9-11-5-4-6-12(8-11)17(20)21/h4-6,8,10,13H,7,9H2,1-3H3,(H,16,18). The van der Waals surface area contributed by atoms with E-state index in [9.17, 15) is 19.7 Å². The first-order chi connectivity index (χ1) is 10.3. The Morgan fingerprint density at radius 3 is 2.59 bits per heavy atom. The largest absolute Gasteiger partial charge is 0.467 e. The van der Waals surface area contributed by atoms with Gasteiger partial charge in [-0.1, -0.05) is 26.0 Å². The van der Waals surface area contributed by atoms with Gasteiger partial charge in [-0.2, -0.15) is 0 Å². The van der Waals surface area contributed by atoms with Crippen molar-refractivity contribution in [3.8, 4) is 0 Å². The highest BCUT2D eigenvalue weighted by Gasteiger charge is 2.22. The summed E-state index contributed by atoms with van der Waals surface area (Å²) in [6, 6.07) is 5.14. The van der Waals surface area contributed by atoms with Crippen LogP contribution in [0.5, 0.6) is 0 Å². The molecule has 1 rings (SSSR count). The number of nitrogens with zero attached hydrogens (tertiary/aromatic N) is 1. The molecule has 0 aliphatic carbocycles. The Balaban J connectivity index is 2.72. The maximum Gasteiger partial charge on any atom is 0.328 e. The maximum atomic E-state index is 12.0. The molecule has 1 unspecified atom stereocenters. The molecule has 0 heterocycles. The molecule has 1 N–H and O–H groups in total. The minimum atomic E-state index is -0.712. The molecule has 7 nitrogen and oxygen atoms in total. The Bertz CT molecular complexity index is 557. The van der Waals surface area contributed by atoms with Crippen molar-refractivity contribution >= 4 is 17.6 Å². The summed E-state index contributed by atoms with van der Waals surface area (Å²) in [6.45, 7) is 3.87. The molecule has 0 saturated heterocycles. The number of nitro benzene ring substituents is 1. The van der Waals surface area contributed by atoms with Crippen molar-refractivity contribution in [2.24, 2.45) is 5.92 Å². The van der Waals surface area contributed by atoms with Gasteiger partial charge in [0, 0.05) is 12.1 Å². The van der Waals surface area contributed by atoms with E-state index in [1.807, 2.05) is 13.8 Å². The van der Waals surface area contributed by atoms with E-state index in [0.717, 1.165) is 0 Å². The molecule has 1 atom stereocenters. The lowest BCUT2D eigenvalue weighted by atomic mass is 10.0. The zero-order valence-electron chi connectivity index (χ0n) is 12.9. The minimum absolute atomic E-state index is 0.0345. The minimum Gasteiger partial charge on any atom is -0.467 e. The monoisotopic (exact) mass is 308 g/mol. The molecule has 0 aliphatic heterocycles. The van der Waals surface area contributed by atoms with Gasteiger partial charge in [0.15, 0.2) is 0 Å². The van der Waals surface area contributed by atoms with Crippen molar-refractivity contribution in [2.75, 3.05) is 7.11 Å². The van der Waals surface area contributed by atoms with Crippen molar-refractivity contribution in [1.29, 1.82) is 0 Å². The van der Waals surface area contributed by atoms with E-state index in [-0.39, 0.29) is 23.9 Å². The van der Waals surface area contributed by atoms with Crippen LogP contribution < -0.4 is 5.32 Å². The fraction of sp³-hybridized carbons (Fsp3) is 0.467. The van der Waals surface area contributed by atoms with Crippen LogP contribution in [0.25, 0.3) is 0 Å². The molecule has 0 fully saturated rings. The molecule has 7 heteroatoms. The average molecular weight is 308 g/mol. The van der Waals surface area contributed by atoms with Gasteiger partial charge < -0.3 is 10.1 Å². The van der Waals surface area contributed by atoms with Gasteiger partial charge in [-0.3, -0.25) is 14.9 Å². The number of amides is 1. The molecule has 0 aromatic heterocycles. The number of nitrogens with one attached hydrogen (secondary N) is 1. The third-order valence-electron chi connectivity index (χ3n) is 3.01. The summed E-state index contributed by atoms with van der Waals surface area (Å²) in [4.78, 5) is 33.9. The van der Waals surface area contributed by atoms with Crippen LogP contribution in [-0.2, 0) is 20.7 Å². The molecule has 120 valence electrons. The van der Waals surface area contributed by atoms with Crippen LogP contribution in [0.15, 0.2) is 24.3 Å². The normalized spacial score (nSPS) is 11.8. The lowest BCUT2D eigenvalue weighted by Gasteiger charge is -2.18. The van der Waals surface area contributed by atoms with Crippen LogP contribution in [0.3, 0.4) is 0 Å². The highest BCUT2D eigenvalue weighted by molar-refractivity contribution is 5.85. The number of esters is 1. The summed E-state index contributed by atoms with van der Waals surface area (Å²) in [5.74, 6) is -0.667. The van der Waals surface area contributed by atoms with E-state index in [0.29, 0.717) is 12.0 Å². The number of rotatable bonds is 7. The van der Waals surface area contributed by atoms with Crippen molar-refractivity contribution in [1.82, 2.24) is 5.32 Å². The van der Waals surface area contributed by atoms with Crippen molar-refractivity contribution < 1.29 is 19.2 Å². The predicted molar refractivity (Wildman–Crippen MR) is 80.2 cm³/mol. The molecular weight excluding hydrogens is 288 g/mol. The molecule has 0 spiro atoms.